The van der Waals surface area contributed by atoms with E-state index < -0.39 is 31.4 Å². The van der Waals surface area contributed by atoms with Gasteiger partial charge in [0.25, 0.3) is 0 Å². The van der Waals surface area contributed by atoms with Gasteiger partial charge >= 0.3 is 18.3 Å². The quantitative estimate of drug-likeness (QED) is 0.629. The fourth-order valence-corrected chi connectivity index (χ4v) is 2.07. The van der Waals surface area contributed by atoms with Crippen LogP contribution in [-0.4, -0.2) is 29.7 Å². The minimum atomic E-state index is -4.88. The van der Waals surface area contributed by atoms with E-state index in [1.807, 2.05) is 5.32 Å². The highest BCUT2D eigenvalue weighted by molar-refractivity contribution is 5.81. The Morgan fingerprint density at radius 2 is 1.46 bits per heavy atom. The highest BCUT2D eigenvalue weighted by Crippen LogP contribution is 2.23. The molecule has 0 aliphatic heterocycles. The Kier molecular flexibility index (Phi) is 6.60. The van der Waals surface area contributed by atoms with Crippen LogP contribution in [0.2, 0.25) is 0 Å². The van der Waals surface area contributed by atoms with Crippen LogP contribution in [-0.2, 0) is 22.7 Å². The summed E-state index contributed by atoms with van der Waals surface area (Å²) in [5, 5.41) is 1.94. The zero-order valence-corrected chi connectivity index (χ0v) is 13.7. The van der Waals surface area contributed by atoms with Gasteiger partial charge in [-0.25, -0.2) is 9.69 Å². The molecule has 138 valence electrons. The van der Waals surface area contributed by atoms with Gasteiger partial charge in [-0.3, -0.25) is 4.79 Å². The first kappa shape index (κ1) is 19.3. The number of alkyl halides is 3. The molecule has 0 saturated carbocycles. The molecule has 0 aliphatic rings. The van der Waals surface area contributed by atoms with Gasteiger partial charge in [-0.05, 0) is 11.1 Å². The van der Waals surface area contributed by atoms with Crippen molar-refractivity contribution in [1.29, 1.82) is 0 Å². The molecule has 0 fully saturated rings. The molecule has 8 heteroatoms. The number of esters is 1. The maximum atomic E-state index is 13.1. The summed E-state index contributed by atoms with van der Waals surface area (Å²) in [7, 11) is 0. The van der Waals surface area contributed by atoms with E-state index in [4.69, 9.17) is 4.74 Å². The van der Waals surface area contributed by atoms with Crippen LogP contribution in [0.5, 0.6) is 0 Å². The third-order valence-electron chi connectivity index (χ3n) is 3.36. The summed E-state index contributed by atoms with van der Waals surface area (Å²) in [6, 6.07) is 15.1. The number of ether oxygens (including phenoxy) is 1. The van der Waals surface area contributed by atoms with E-state index in [-0.39, 0.29) is 11.5 Å². The molecule has 0 aromatic heterocycles. The molecule has 26 heavy (non-hydrogen) atoms. The van der Waals surface area contributed by atoms with Crippen molar-refractivity contribution in [2.75, 3.05) is 6.54 Å². The number of urea groups is 1. The van der Waals surface area contributed by atoms with Gasteiger partial charge < -0.3 is 10.1 Å². The molecule has 2 rings (SSSR count). The third kappa shape index (κ3) is 6.12. The number of carbonyl (C=O) groups is 2. The average Bonchev–Trinajstić information content (AvgIpc) is 2.63. The highest BCUT2D eigenvalue weighted by Gasteiger charge is 2.41. The van der Waals surface area contributed by atoms with Gasteiger partial charge in [0.1, 0.15) is 13.2 Å². The molecular weight excluding hydrogens is 349 g/mol. The van der Waals surface area contributed by atoms with Crippen LogP contribution in [0.3, 0.4) is 0 Å². The van der Waals surface area contributed by atoms with Gasteiger partial charge in [0.05, 0.1) is 6.54 Å². The van der Waals surface area contributed by atoms with Crippen LogP contribution in [0.1, 0.15) is 11.1 Å². The lowest BCUT2D eigenvalue weighted by atomic mass is 10.2. The maximum Gasteiger partial charge on any atom is 0.488 e. The fraction of sp³-hybridized carbons (Fsp3) is 0.222. The van der Waals surface area contributed by atoms with Crippen molar-refractivity contribution >= 4 is 12.0 Å². The second-order valence-electron chi connectivity index (χ2n) is 5.34. The summed E-state index contributed by atoms with van der Waals surface area (Å²) in [5.41, 5.74) is 1.04. The van der Waals surface area contributed by atoms with Gasteiger partial charge in [0.2, 0.25) is 0 Å². The molecule has 0 heterocycles. The number of carbonyl (C=O) groups excluding carboxylic acids is 2. The molecule has 0 unspecified atom stereocenters. The molecular formula is C18H17F3N2O3. The first-order valence-electron chi connectivity index (χ1n) is 7.72. The minimum absolute atomic E-state index is 0.0253. The molecule has 0 saturated heterocycles. The Bertz CT molecular complexity index is 721. The number of amides is 2. The molecule has 2 aromatic rings. The number of nitrogens with one attached hydrogen (secondary N) is 1. The Morgan fingerprint density at radius 1 is 0.923 bits per heavy atom. The molecule has 0 radical (unpaired) electrons. The summed E-state index contributed by atoms with van der Waals surface area (Å²) in [6.45, 7) is -1.34. The lowest BCUT2D eigenvalue weighted by Crippen LogP contribution is -2.48. The predicted octanol–water partition coefficient (Wildman–Crippen LogP) is 3.46. The van der Waals surface area contributed by atoms with Crippen molar-refractivity contribution in [2.24, 2.45) is 0 Å². The minimum Gasteiger partial charge on any atom is -0.460 e. The van der Waals surface area contributed by atoms with Gasteiger partial charge in [-0.2, -0.15) is 0 Å². The van der Waals surface area contributed by atoms with E-state index in [9.17, 15) is 22.8 Å². The van der Waals surface area contributed by atoms with Gasteiger partial charge in [0.15, 0.2) is 0 Å². The van der Waals surface area contributed by atoms with E-state index in [0.29, 0.717) is 5.56 Å². The molecule has 2 aromatic carbocycles. The summed E-state index contributed by atoms with van der Waals surface area (Å²) in [6.07, 6.45) is -4.88. The Balaban J connectivity index is 1.87. The van der Waals surface area contributed by atoms with Crippen molar-refractivity contribution in [3.8, 4) is 0 Å². The first-order valence-corrected chi connectivity index (χ1v) is 7.72. The van der Waals surface area contributed by atoms with E-state index in [1.54, 1.807) is 48.5 Å². The summed E-state index contributed by atoms with van der Waals surface area (Å²) < 4.78 is 44.2. The molecule has 0 aliphatic carbocycles. The van der Waals surface area contributed by atoms with E-state index >= 15 is 0 Å². The molecule has 2 amide bonds. The second-order valence-corrected chi connectivity index (χ2v) is 5.34. The number of rotatable bonds is 6. The number of nitrogens with zero attached hydrogens (tertiary/aromatic N) is 1. The molecule has 0 atom stereocenters. The van der Waals surface area contributed by atoms with Crippen LogP contribution in [0.25, 0.3) is 0 Å². The largest absolute Gasteiger partial charge is 0.488 e. The average molecular weight is 366 g/mol. The lowest BCUT2D eigenvalue weighted by molar-refractivity contribution is -0.227. The van der Waals surface area contributed by atoms with Crippen LogP contribution in [0, 0.1) is 0 Å². The zero-order valence-electron chi connectivity index (χ0n) is 13.7. The van der Waals surface area contributed by atoms with Crippen molar-refractivity contribution in [2.45, 2.75) is 19.5 Å². The standard InChI is InChI=1S/C18H17F3N2O3/c19-18(20,21)23(12-14-7-3-1-4-8-14)17(25)22-11-16(24)26-13-15-9-5-2-6-10-15/h1-10H,11-13H2,(H,22,25). The van der Waals surface area contributed by atoms with Gasteiger partial charge in [0, 0.05) is 0 Å². The van der Waals surface area contributed by atoms with Gasteiger partial charge in [-0.1, -0.05) is 60.7 Å². The summed E-state index contributed by atoms with van der Waals surface area (Å²) in [4.78, 5) is 23.2. The van der Waals surface area contributed by atoms with Crippen LogP contribution >= 0.6 is 0 Å². The lowest BCUT2D eigenvalue weighted by Gasteiger charge is -2.25. The molecule has 5 nitrogen and oxygen atoms in total. The number of benzene rings is 2. The SMILES string of the molecule is O=C(CNC(=O)N(Cc1ccccc1)C(F)(F)F)OCc1ccccc1. The topological polar surface area (TPSA) is 58.6 Å². The van der Waals surface area contributed by atoms with Crippen molar-refractivity contribution in [3.63, 3.8) is 0 Å². The van der Waals surface area contributed by atoms with Crippen LogP contribution < -0.4 is 5.32 Å². The number of hydrogen-bond acceptors (Lipinski definition) is 3. The van der Waals surface area contributed by atoms with E-state index in [0.717, 1.165) is 5.56 Å². The number of hydrogen-bond donors (Lipinski definition) is 1. The van der Waals surface area contributed by atoms with Crippen molar-refractivity contribution in [1.82, 2.24) is 10.2 Å². The van der Waals surface area contributed by atoms with Crippen molar-refractivity contribution < 1.29 is 27.5 Å². The van der Waals surface area contributed by atoms with Crippen LogP contribution in [0.15, 0.2) is 60.7 Å². The van der Waals surface area contributed by atoms with Crippen molar-refractivity contribution in [3.05, 3.63) is 71.8 Å². The predicted molar refractivity (Wildman–Crippen MR) is 87.7 cm³/mol. The number of halogens is 3. The summed E-state index contributed by atoms with van der Waals surface area (Å²) >= 11 is 0. The third-order valence-corrected chi connectivity index (χ3v) is 3.36. The fourth-order valence-electron chi connectivity index (χ4n) is 2.07. The Morgan fingerprint density at radius 3 is 2.00 bits per heavy atom. The maximum absolute atomic E-state index is 13.1. The smallest absolute Gasteiger partial charge is 0.460 e. The second kappa shape index (κ2) is 8.89. The Labute approximate surface area is 148 Å². The van der Waals surface area contributed by atoms with E-state index in [2.05, 4.69) is 0 Å². The zero-order chi connectivity index (χ0) is 19.0. The summed E-state index contributed by atoms with van der Waals surface area (Å²) in [5.74, 6) is -0.830. The van der Waals surface area contributed by atoms with E-state index in [1.165, 1.54) is 12.1 Å². The van der Waals surface area contributed by atoms with Gasteiger partial charge in [-0.15, -0.1) is 13.2 Å². The molecule has 1 N–H and O–H groups in total. The first-order chi connectivity index (χ1) is 12.4. The van der Waals surface area contributed by atoms with Crippen LogP contribution in [0.4, 0.5) is 18.0 Å². The molecule has 0 spiro atoms. The molecule has 0 bridgehead atoms. The Hall–Kier alpha value is -3.03. The monoisotopic (exact) mass is 366 g/mol. The normalized spacial score (nSPS) is 10.9. The highest BCUT2D eigenvalue weighted by atomic mass is 19.4.